The molecule has 2 aromatic carbocycles. The van der Waals surface area contributed by atoms with E-state index in [1.165, 1.54) is 12.1 Å². The molecule has 1 unspecified atom stereocenters. The first kappa shape index (κ1) is 13.3. The zero-order chi connectivity index (χ0) is 14.3. The van der Waals surface area contributed by atoms with E-state index in [0.29, 0.717) is 15.8 Å². The molecule has 1 atom stereocenters. The SMILES string of the molecule is NC(c1cc2ccccc2o1)c1c(F)cc(Br)cc1F. The van der Waals surface area contributed by atoms with E-state index in [1.807, 2.05) is 18.2 Å². The molecule has 0 aliphatic carbocycles. The Hall–Kier alpha value is -1.72. The van der Waals surface area contributed by atoms with Gasteiger partial charge in [-0.05, 0) is 24.3 Å². The highest BCUT2D eigenvalue weighted by molar-refractivity contribution is 9.10. The maximum Gasteiger partial charge on any atom is 0.134 e. The number of nitrogens with two attached hydrogens (primary N) is 1. The molecule has 0 aliphatic rings. The summed E-state index contributed by atoms with van der Waals surface area (Å²) >= 11 is 3.04. The molecule has 3 rings (SSSR count). The van der Waals surface area contributed by atoms with Gasteiger partial charge in [0.25, 0.3) is 0 Å². The molecule has 0 bridgehead atoms. The lowest BCUT2D eigenvalue weighted by atomic mass is 10.0. The summed E-state index contributed by atoms with van der Waals surface area (Å²) in [6, 6.07) is 10.4. The standard InChI is InChI=1S/C15H10BrF2NO/c16-9-6-10(17)14(11(18)7-9)15(19)13-5-8-3-1-2-4-12(8)20-13/h1-7,15H,19H2. The summed E-state index contributed by atoms with van der Waals surface area (Å²) in [6.45, 7) is 0. The molecule has 2 nitrogen and oxygen atoms in total. The third-order valence-electron chi connectivity index (χ3n) is 3.11. The van der Waals surface area contributed by atoms with Gasteiger partial charge in [-0.3, -0.25) is 0 Å². The van der Waals surface area contributed by atoms with Crippen LogP contribution in [0.4, 0.5) is 8.78 Å². The normalized spacial score (nSPS) is 12.8. The third-order valence-corrected chi connectivity index (χ3v) is 3.56. The number of hydrogen-bond acceptors (Lipinski definition) is 2. The number of halogens is 3. The zero-order valence-corrected chi connectivity index (χ0v) is 11.8. The third kappa shape index (κ3) is 2.23. The molecule has 0 aliphatic heterocycles. The molecule has 2 N–H and O–H groups in total. The minimum Gasteiger partial charge on any atom is -0.459 e. The Morgan fingerprint density at radius 3 is 2.35 bits per heavy atom. The molecule has 1 heterocycles. The van der Waals surface area contributed by atoms with Gasteiger partial charge < -0.3 is 10.2 Å². The highest BCUT2D eigenvalue weighted by Crippen LogP contribution is 2.30. The van der Waals surface area contributed by atoms with Crippen LogP contribution in [0.15, 0.2) is 51.4 Å². The van der Waals surface area contributed by atoms with E-state index in [-0.39, 0.29) is 5.56 Å². The highest BCUT2D eigenvalue weighted by atomic mass is 79.9. The van der Waals surface area contributed by atoms with Crippen LogP contribution in [0, 0.1) is 11.6 Å². The molecule has 0 amide bonds. The van der Waals surface area contributed by atoms with Crippen LogP contribution in [0.1, 0.15) is 17.4 Å². The van der Waals surface area contributed by atoms with Gasteiger partial charge in [-0.1, -0.05) is 34.1 Å². The van der Waals surface area contributed by atoms with Crippen LogP contribution in [0.5, 0.6) is 0 Å². The fraction of sp³-hybridized carbons (Fsp3) is 0.0667. The molecule has 0 radical (unpaired) electrons. The summed E-state index contributed by atoms with van der Waals surface area (Å²) in [6.07, 6.45) is 0. The molecule has 20 heavy (non-hydrogen) atoms. The van der Waals surface area contributed by atoms with Crippen molar-refractivity contribution in [2.24, 2.45) is 5.73 Å². The second-order valence-corrected chi connectivity index (χ2v) is 5.36. The number of hydrogen-bond donors (Lipinski definition) is 1. The fourth-order valence-corrected chi connectivity index (χ4v) is 2.55. The van der Waals surface area contributed by atoms with Crippen molar-refractivity contribution in [2.45, 2.75) is 6.04 Å². The summed E-state index contributed by atoms with van der Waals surface area (Å²) < 4.78 is 33.7. The first-order chi connectivity index (χ1) is 9.56. The van der Waals surface area contributed by atoms with E-state index in [1.54, 1.807) is 12.1 Å². The number of fused-ring (bicyclic) bond motifs is 1. The van der Waals surface area contributed by atoms with Crippen molar-refractivity contribution in [3.05, 3.63) is 69.9 Å². The summed E-state index contributed by atoms with van der Waals surface area (Å²) in [5.74, 6) is -1.08. The molecule has 0 spiro atoms. The van der Waals surface area contributed by atoms with Gasteiger partial charge in [0.2, 0.25) is 0 Å². The van der Waals surface area contributed by atoms with E-state index in [2.05, 4.69) is 15.9 Å². The molecular formula is C15H10BrF2NO. The molecule has 0 saturated heterocycles. The zero-order valence-electron chi connectivity index (χ0n) is 10.2. The van der Waals surface area contributed by atoms with Gasteiger partial charge in [-0.25, -0.2) is 8.78 Å². The Kier molecular flexibility index (Phi) is 3.31. The molecule has 0 saturated carbocycles. The fourth-order valence-electron chi connectivity index (χ4n) is 2.15. The van der Waals surface area contributed by atoms with Crippen LogP contribution in [-0.2, 0) is 0 Å². The molecule has 5 heteroatoms. The summed E-state index contributed by atoms with van der Waals surface area (Å²) in [5.41, 5.74) is 6.38. The average molecular weight is 338 g/mol. The van der Waals surface area contributed by atoms with Crippen LogP contribution in [0.2, 0.25) is 0 Å². The first-order valence-electron chi connectivity index (χ1n) is 5.95. The quantitative estimate of drug-likeness (QED) is 0.746. The van der Waals surface area contributed by atoms with Gasteiger partial charge in [0.05, 0.1) is 6.04 Å². The largest absolute Gasteiger partial charge is 0.459 e. The van der Waals surface area contributed by atoms with Crippen molar-refractivity contribution in [3.8, 4) is 0 Å². The van der Waals surface area contributed by atoms with Crippen molar-refractivity contribution >= 4 is 26.9 Å². The summed E-state index contributed by atoms with van der Waals surface area (Å²) in [4.78, 5) is 0. The van der Waals surface area contributed by atoms with Gasteiger partial charge in [0.1, 0.15) is 23.0 Å². The van der Waals surface area contributed by atoms with Crippen molar-refractivity contribution in [2.75, 3.05) is 0 Å². The van der Waals surface area contributed by atoms with E-state index in [0.717, 1.165) is 5.39 Å². The van der Waals surface area contributed by atoms with Gasteiger partial charge in [-0.2, -0.15) is 0 Å². The Labute approximate surface area is 122 Å². The molecule has 1 aromatic heterocycles. The van der Waals surface area contributed by atoms with E-state index < -0.39 is 17.7 Å². The Balaban J connectivity index is 2.10. The first-order valence-corrected chi connectivity index (χ1v) is 6.74. The van der Waals surface area contributed by atoms with Crippen LogP contribution >= 0.6 is 15.9 Å². The maximum absolute atomic E-state index is 13.9. The van der Waals surface area contributed by atoms with Crippen LogP contribution < -0.4 is 5.73 Å². The van der Waals surface area contributed by atoms with Crippen molar-refractivity contribution in [1.82, 2.24) is 0 Å². The highest BCUT2D eigenvalue weighted by Gasteiger charge is 2.22. The number of benzene rings is 2. The van der Waals surface area contributed by atoms with Gasteiger partial charge >= 0.3 is 0 Å². The van der Waals surface area contributed by atoms with E-state index in [9.17, 15) is 8.78 Å². The number of para-hydroxylation sites is 1. The lowest BCUT2D eigenvalue weighted by Gasteiger charge is -2.11. The van der Waals surface area contributed by atoms with Crippen LogP contribution in [0.25, 0.3) is 11.0 Å². The van der Waals surface area contributed by atoms with Crippen LogP contribution in [-0.4, -0.2) is 0 Å². The molecular weight excluding hydrogens is 328 g/mol. The topological polar surface area (TPSA) is 39.2 Å². The lowest BCUT2D eigenvalue weighted by molar-refractivity contribution is 0.487. The average Bonchev–Trinajstić information content (AvgIpc) is 2.81. The summed E-state index contributed by atoms with van der Waals surface area (Å²) in [7, 11) is 0. The smallest absolute Gasteiger partial charge is 0.134 e. The number of rotatable bonds is 2. The monoisotopic (exact) mass is 337 g/mol. The maximum atomic E-state index is 13.9. The Morgan fingerprint density at radius 2 is 1.70 bits per heavy atom. The minimum atomic E-state index is -0.990. The Bertz CT molecular complexity index is 728. The van der Waals surface area contributed by atoms with Crippen molar-refractivity contribution < 1.29 is 13.2 Å². The van der Waals surface area contributed by atoms with E-state index in [4.69, 9.17) is 10.2 Å². The molecule has 3 aromatic rings. The molecule has 0 fully saturated rings. The lowest BCUT2D eigenvalue weighted by Crippen LogP contribution is -2.15. The Morgan fingerprint density at radius 1 is 1.05 bits per heavy atom. The van der Waals surface area contributed by atoms with Crippen molar-refractivity contribution in [1.29, 1.82) is 0 Å². The van der Waals surface area contributed by atoms with E-state index >= 15 is 0 Å². The van der Waals surface area contributed by atoms with Gasteiger partial charge in [-0.15, -0.1) is 0 Å². The minimum absolute atomic E-state index is 0.202. The van der Waals surface area contributed by atoms with Gasteiger partial charge in [0.15, 0.2) is 0 Å². The van der Waals surface area contributed by atoms with Crippen LogP contribution in [0.3, 0.4) is 0 Å². The predicted molar refractivity (Wildman–Crippen MR) is 76.3 cm³/mol. The second-order valence-electron chi connectivity index (χ2n) is 4.45. The summed E-state index contributed by atoms with van der Waals surface area (Å²) in [5, 5.41) is 0.843. The molecule has 102 valence electrons. The van der Waals surface area contributed by atoms with Gasteiger partial charge in [0, 0.05) is 15.4 Å². The van der Waals surface area contributed by atoms with Crippen molar-refractivity contribution in [3.63, 3.8) is 0 Å². The number of furan rings is 1. The second kappa shape index (κ2) is 5.00. The predicted octanol–water partition coefficient (Wildman–Crippen LogP) is 4.52.